The second kappa shape index (κ2) is 6.14. The molecule has 0 atom stereocenters. The van der Waals surface area contributed by atoms with Crippen LogP contribution in [0.25, 0.3) is 0 Å². The van der Waals surface area contributed by atoms with Crippen LogP contribution in [0.4, 0.5) is 4.39 Å². The summed E-state index contributed by atoms with van der Waals surface area (Å²) in [4.78, 5) is 8.44. The molecule has 0 bridgehead atoms. The highest BCUT2D eigenvalue weighted by Crippen LogP contribution is 2.38. The van der Waals surface area contributed by atoms with Crippen molar-refractivity contribution in [2.45, 2.75) is 58.0 Å². The van der Waals surface area contributed by atoms with Crippen molar-refractivity contribution in [1.29, 1.82) is 0 Å². The maximum absolute atomic E-state index is 13.6. The third-order valence-corrected chi connectivity index (χ3v) is 3.97. The number of aromatic nitrogens is 2. The van der Waals surface area contributed by atoms with Crippen molar-refractivity contribution < 1.29 is 9.13 Å². The summed E-state index contributed by atoms with van der Waals surface area (Å²) in [6.45, 7) is 4.17. The third kappa shape index (κ3) is 3.06. The van der Waals surface area contributed by atoms with E-state index in [2.05, 4.69) is 9.97 Å². The zero-order valence-electron chi connectivity index (χ0n) is 11.5. The fourth-order valence-electron chi connectivity index (χ4n) is 2.74. The van der Waals surface area contributed by atoms with E-state index in [-0.39, 0.29) is 5.15 Å². The Bertz CT molecular complexity index is 422. The molecule has 19 heavy (non-hydrogen) atoms. The zero-order valence-corrected chi connectivity index (χ0v) is 12.3. The van der Waals surface area contributed by atoms with Gasteiger partial charge in [0.05, 0.1) is 5.69 Å². The molecule has 0 radical (unpaired) electrons. The Morgan fingerprint density at radius 3 is 2.37 bits per heavy atom. The lowest BCUT2D eigenvalue weighted by Crippen LogP contribution is -2.32. The average Bonchev–Trinajstić information content (AvgIpc) is 2.62. The number of hydrogen-bond acceptors (Lipinski definition) is 3. The molecule has 1 aromatic rings. The van der Waals surface area contributed by atoms with Gasteiger partial charge in [0, 0.05) is 6.61 Å². The fourth-order valence-corrected chi connectivity index (χ4v) is 2.95. The SMILES string of the molecule is CCOC1(c2nc(C)c(F)c(Cl)n2)CCCCCC1. The number of rotatable bonds is 3. The summed E-state index contributed by atoms with van der Waals surface area (Å²) in [5.41, 5.74) is -0.203. The Hall–Kier alpha value is -0.740. The van der Waals surface area contributed by atoms with Gasteiger partial charge in [-0.25, -0.2) is 14.4 Å². The van der Waals surface area contributed by atoms with Crippen LogP contribution in [0.2, 0.25) is 5.15 Å². The molecule has 0 spiro atoms. The average molecular weight is 287 g/mol. The van der Waals surface area contributed by atoms with Gasteiger partial charge in [0.15, 0.2) is 16.8 Å². The molecule has 1 heterocycles. The predicted molar refractivity (Wildman–Crippen MR) is 72.7 cm³/mol. The first-order valence-electron chi connectivity index (χ1n) is 6.93. The van der Waals surface area contributed by atoms with Gasteiger partial charge in [-0.1, -0.05) is 37.3 Å². The molecule has 106 valence electrons. The van der Waals surface area contributed by atoms with Crippen molar-refractivity contribution >= 4 is 11.6 Å². The summed E-state index contributed by atoms with van der Waals surface area (Å²) in [5, 5.41) is -0.106. The second-order valence-electron chi connectivity index (χ2n) is 5.08. The Morgan fingerprint density at radius 2 is 1.84 bits per heavy atom. The standard InChI is InChI=1S/C14H20ClFN2O/c1-3-19-14(8-6-4-5-7-9-14)13-17-10(2)11(16)12(15)18-13/h3-9H2,1-2H3. The lowest BCUT2D eigenvalue weighted by atomic mass is 9.93. The molecule has 0 N–H and O–H groups in total. The molecule has 0 unspecified atom stereocenters. The van der Waals surface area contributed by atoms with Crippen molar-refractivity contribution in [2.24, 2.45) is 0 Å². The molecule has 5 heteroatoms. The summed E-state index contributed by atoms with van der Waals surface area (Å²) in [5.74, 6) is 0.00540. The third-order valence-electron chi connectivity index (χ3n) is 3.72. The molecule has 3 nitrogen and oxygen atoms in total. The van der Waals surface area contributed by atoms with E-state index in [4.69, 9.17) is 16.3 Å². The molecule has 1 aliphatic carbocycles. The van der Waals surface area contributed by atoms with Crippen LogP contribution in [0.15, 0.2) is 0 Å². The highest BCUT2D eigenvalue weighted by atomic mass is 35.5. The van der Waals surface area contributed by atoms with E-state index in [9.17, 15) is 4.39 Å². The summed E-state index contributed by atoms with van der Waals surface area (Å²) in [7, 11) is 0. The van der Waals surface area contributed by atoms with E-state index in [0.29, 0.717) is 18.1 Å². The molecule has 1 fully saturated rings. The summed E-state index contributed by atoms with van der Waals surface area (Å²) < 4.78 is 19.6. The van der Waals surface area contributed by atoms with E-state index in [0.717, 1.165) is 25.7 Å². The minimum atomic E-state index is -0.536. The lowest BCUT2D eigenvalue weighted by Gasteiger charge is -2.31. The Kier molecular flexibility index (Phi) is 4.74. The first kappa shape index (κ1) is 14.7. The monoisotopic (exact) mass is 286 g/mol. The van der Waals surface area contributed by atoms with Crippen molar-refractivity contribution in [3.8, 4) is 0 Å². The Morgan fingerprint density at radius 1 is 1.21 bits per heavy atom. The molecule has 2 rings (SSSR count). The minimum absolute atomic E-state index is 0.106. The van der Waals surface area contributed by atoms with Crippen LogP contribution in [0.1, 0.15) is 57.0 Å². The van der Waals surface area contributed by atoms with Crippen LogP contribution < -0.4 is 0 Å². The largest absolute Gasteiger partial charge is 0.367 e. The van der Waals surface area contributed by atoms with Crippen molar-refractivity contribution in [1.82, 2.24) is 9.97 Å². The smallest absolute Gasteiger partial charge is 0.181 e. The molecule has 0 aliphatic heterocycles. The van der Waals surface area contributed by atoms with Gasteiger partial charge in [-0.05, 0) is 26.7 Å². The van der Waals surface area contributed by atoms with Crippen molar-refractivity contribution in [3.05, 3.63) is 22.5 Å². The van der Waals surface area contributed by atoms with Gasteiger partial charge in [0.25, 0.3) is 0 Å². The van der Waals surface area contributed by atoms with Gasteiger partial charge >= 0.3 is 0 Å². The van der Waals surface area contributed by atoms with Gasteiger partial charge < -0.3 is 4.74 Å². The molecule has 1 aromatic heterocycles. The van der Waals surface area contributed by atoms with E-state index in [1.54, 1.807) is 6.92 Å². The normalized spacial score (nSPS) is 19.2. The van der Waals surface area contributed by atoms with E-state index < -0.39 is 11.4 Å². The first-order valence-corrected chi connectivity index (χ1v) is 7.31. The lowest BCUT2D eigenvalue weighted by molar-refractivity contribution is -0.0626. The summed E-state index contributed by atoms with van der Waals surface area (Å²) >= 11 is 5.86. The molecule has 0 saturated heterocycles. The molecule has 1 saturated carbocycles. The number of ether oxygens (including phenoxy) is 1. The maximum atomic E-state index is 13.6. The predicted octanol–water partition coefficient (Wildman–Crippen LogP) is 4.16. The van der Waals surface area contributed by atoms with Gasteiger partial charge in [-0.2, -0.15) is 0 Å². The number of aryl methyl sites for hydroxylation is 1. The van der Waals surface area contributed by atoms with E-state index in [1.165, 1.54) is 12.8 Å². The summed E-state index contributed by atoms with van der Waals surface area (Å²) in [6, 6.07) is 0. The molecular formula is C14H20ClFN2O. The number of halogens is 2. The van der Waals surface area contributed by atoms with Gasteiger partial charge in [0.2, 0.25) is 0 Å². The summed E-state index contributed by atoms with van der Waals surface area (Å²) in [6.07, 6.45) is 6.31. The quantitative estimate of drug-likeness (QED) is 0.618. The number of hydrogen-bond donors (Lipinski definition) is 0. The Labute approximate surface area is 118 Å². The highest BCUT2D eigenvalue weighted by molar-refractivity contribution is 6.29. The second-order valence-corrected chi connectivity index (χ2v) is 5.44. The number of nitrogens with zero attached hydrogens (tertiary/aromatic N) is 2. The molecular weight excluding hydrogens is 267 g/mol. The van der Waals surface area contributed by atoms with Crippen LogP contribution in [-0.4, -0.2) is 16.6 Å². The minimum Gasteiger partial charge on any atom is -0.367 e. The first-order chi connectivity index (χ1) is 9.09. The molecule has 0 amide bonds. The Balaban J connectivity index is 2.42. The van der Waals surface area contributed by atoms with Gasteiger partial charge in [-0.15, -0.1) is 0 Å². The van der Waals surface area contributed by atoms with E-state index in [1.807, 2.05) is 6.92 Å². The topological polar surface area (TPSA) is 35.0 Å². The molecule has 0 aromatic carbocycles. The van der Waals surface area contributed by atoms with Crippen LogP contribution in [0, 0.1) is 12.7 Å². The van der Waals surface area contributed by atoms with Crippen molar-refractivity contribution in [2.75, 3.05) is 6.61 Å². The van der Waals surface area contributed by atoms with Crippen molar-refractivity contribution in [3.63, 3.8) is 0 Å². The van der Waals surface area contributed by atoms with E-state index >= 15 is 0 Å². The fraction of sp³-hybridized carbons (Fsp3) is 0.714. The maximum Gasteiger partial charge on any atom is 0.181 e. The van der Waals surface area contributed by atoms with Gasteiger partial charge in [-0.3, -0.25) is 0 Å². The van der Waals surface area contributed by atoms with Crippen LogP contribution >= 0.6 is 11.6 Å². The van der Waals surface area contributed by atoms with Crippen LogP contribution in [0.5, 0.6) is 0 Å². The highest BCUT2D eigenvalue weighted by Gasteiger charge is 2.37. The van der Waals surface area contributed by atoms with Gasteiger partial charge in [0.1, 0.15) is 5.60 Å². The molecule has 1 aliphatic rings. The van der Waals surface area contributed by atoms with Crippen LogP contribution in [-0.2, 0) is 10.3 Å². The zero-order chi connectivity index (χ0) is 13.9. The van der Waals surface area contributed by atoms with Crippen LogP contribution in [0.3, 0.4) is 0 Å².